The van der Waals surface area contributed by atoms with E-state index in [9.17, 15) is 9.32 Å². The summed E-state index contributed by atoms with van der Waals surface area (Å²) in [5.74, 6) is 0. The average molecular weight is 240 g/mol. The largest absolute Gasteiger partial charge is 0.385 e. The molecule has 6 heteroatoms. The van der Waals surface area contributed by atoms with Crippen molar-refractivity contribution in [1.82, 2.24) is 0 Å². The van der Waals surface area contributed by atoms with Crippen LogP contribution >= 0.6 is 22.9 Å². The lowest BCUT2D eigenvalue weighted by molar-refractivity contribution is 0.0825. The molecule has 0 aliphatic carbocycles. The summed E-state index contributed by atoms with van der Waals surface area (Å²) in [4.78, 5) is 0.659. The van der Waals surface area contributed by atoms with Crippen LogP contribution in [-0.4, -0.2) is 9.32 Å². The molecule has 0 saturated carbocycles. The highest BCUT2D eigenvalue weighted by atomic mass is 35.5. The van der Waals surface area contributed by atoms with E-state index in [1.807, 2.05) is 0 Å². The van der Waals surface area contributed by atoms with Gasteiger partial charge in [0.2, 0.25) is 0 Å². The summed E-state index contributed by atoms with van der Waals surface area (Å²) in [7, 11) is -1.58. The zero-order chi connectivity index (χ0) is 10.2. The molecule has 74 valence electrons. The van der Waals surface area contributed by atoms with Gasteiger partial charge in [0.15, 0.2) is 0 Å². The topological polar surface area (TPSA) is 63.3 Å². The first-order valence-corrected chi connectivity index (χ1v) is 5.91. The van der Waals surface area contributed by atoms with Crippen molar-refractivity contribution in [2.45, 2.75) is 23.7 Å². The molecule has 1 heterocycles. The highest BCUT2D eigenvalue weighted by Crippen LogP contribution is 2.34. The molecule has 0 aliphatic heterocycles. The van der Waals surface area contributed by atoms with Crippen molar-refractivity contribution in [1.29, 1.82) is 0 Å². The van der Waals surface area contributed by atoms with E-state index in [0.29, 0.717) is 14.1 Å². The van der Waals surface area contributed by atoms with Gasteiger partial charge in [-0.1, -0.05) is 11.6 Å². The van der Waals surface area contributed by atoms with Gasteiger partial charge in [-0.25, -0.2) is 9.35 Å². The van der Waals surface area contributed by atoms with E-state index in [1.54, 1.807) is 19.9 Å². The molecule has 3 N–H and O–H groups in total. The smallest absolute Gasteiger partial charge is 0.133 e. The molecule has 0 saturated heterocycles. The van der Waals surface area contributed by atoms with Crippen LogP contribution in [0.15, 0.2) is 10.3 Å². The molecule has 0 radical (unpaired) electrons. The zero-order valence-corrected chi connectivity index (χ0v) is 9.59. The summed E-state index contributed by atoms with van der Waals surface area (Å²) in [6.07, 6.45) is 0. The fraction of sp³-hybridized carbons (Fsp3) is 0.429. The SMILES string of the molecule is CC(C)(O)c1cc(Cl)c(S(N)=O)s1. The van der Waals surface area contributed by atoms with Crippen LogP contribution < -0.4 is 5.14 Å². The molecule has 1 rings (SSSR count). The Morgan fingerprint density at radius 2 is 2.23 bits per heavy atom. The molecule has 1 aromatic heterocycles. The molecule has 1 aromatic rings. The van der Waals surface area contributed by atoms with Crippen LogP contribution in [0.2, 0.25) is 5.02 Å². The lowest BCUT2D eigenvalue weighted by Crippen LogP contribution is -2.12. The van der Waals surface area contributed by atoms with Crippen LogP contribution in [0.3, 0.4) is 0 Å². The number of thiophene rings is 1. The van der Waals surface area contributed by atoms with Crippen LogP contribution in [0.25, 0.3) is 0 Å². The summed E-state index contributed by atoms with van der Waals surface area (Å²) in [6.45, 7) is 3.27. The Morgan fingerprint density at radius 1 is 1.69 bits per heavy atom. The minimum atomic E-state index is -1.58. The van der Waals surface area contributed by atoms with E-state index in [1.165, 1.54) is 11.3 Å². The third kappa shape index (κ3) is 2.51. The molecule has 3 nitrogen and oxygen atoms in total. The van der Waals surface area contributed by atoms with E-state index in [4.69, 9.17) is 16.7 Å². The predicted molar refractivity (Wildman–Crippen MR) is 55.2 cm³/mol. The number of aliphatic hydroxyl groups is 1. The molecule has 0 aromatic carbocycles. The van der Waals surface area contributed by atoms with E-state index < -0.39 is 16.6 Å². The maximum atomic E-state index is 10.9. The van der Waals surface area contributed by atoms with Crippen LogP contribution in [0, 0.1) is 0 Å². The van der Waals surface area contributed by atoms with E-state index >= 15 is 0 Å². The predicted octanol–water partition coefficient (Wildman–Crippen LogP) is 1.61. The van der Waals surface area contributed by atoms with Gasteiger partial charge in [-0.3, -0.25) is 0 Å². The highest BCUT2D eigenvalue weighted by Gasteiger charge is 2.22. The van der Waals surface area contributed by atoms with Crippen molar-refractivity contribution < 1.29 is 9.32 Å². The monoisotopic (exact) mass is 239 g/mol. The quantitative estimate of drug-likeness (QED) is 0.824. The van der Waals surface area contributed by atoms with E-state index in [2.05, 4.69) is 0 Å². The summed E-state index contributed by atoms with van der Waals surface area (Å²) in [5.41, 5.74) is -0.966. The fourth-order valence-corrected chi connectivity index (χ4v) is 2.94. The molecular weight excluding hydrogens is 230 g/mol. The van der Waals surface area contributed by atoms with Gasteiger partial charge < -0.3 is 5.11 Å². The minimum Gasteiger partial charge on any atom is -0.385 e. The van der Waals surface area contributed by atoms with Gasteiger partial charge in [-0.05, 0) is 19.9 Å². The molecule has 13 heavy (non-hydrogen) atoms. The van der Waals surface area contributed by atoms with Gasteiger partial charge in [-0.15, -0.1) is 11.3 Å². The first-order chi connectivity index (χ1) is 5.82. The van der Waals surface area contributed by atoms with Crippen molar-refractivity contribution in [3.63, 3.8) is 0 Å². The second-order valence-electron chi connectivity index (χ2n) is 3.10. The number of nitrogens with two attached hydrogens (primary N) is 1. The molecule has 0 bridgehead atoms. The van der Waals surface area contributed by atoms with Crippen LogP contribution in [0.1, 0.15) is 18.7 Å². The summed E-state index contributed by atoms with van der Waals surface area (Å²) < 4.78 is 11.3. The van der Waals surface area contributed by atoms with Gasteiger partial charge in [0.05, 0.1) is 10.6 Å². The fourth-order valence-electron chi connectivity index (χ4n) is 0.791. The summed E-state index contributed by atoms with van der Waals surface area (Å²) in [6, 6.07) is 1.59. The summed E-state index contributed by atoms with van der Waals surface area (Å²) in [5, 5.41) is 15.2. The Balaban J connectivity index is 3.17. The van der Waals surface area contributed by atoms with E-state index in [-0.39, 0.29) is 0 Å². The van der Waals surface area contributed by atoms with Crippen LogP contribution in [0.5, 0.6) is 0 Å². The van der Waals surface area contributed by atoms with Gasteiger partial charge in [-0.2, -0.15) is 0 Å². The normalized spacial score (nSPS) is 14.5. The maximum Gasteiger partial charge on any atom is 0.133 e. The highest BCUT2D eigenvalue weighted by molar-refractivity contribution is 7.85. The Hall–Kier alpha value is 0.0600. The number of hydrogen-bond donors (Lipinski definition) is 2. The Morgan fingerprint density at radius 3 is 2.46 bits per heavy atom. The zero-order valence-electron chi connectivity index (χ0n) is 7.20. The molecular formula is C7H10ClNO2S2. The maximum absolute atomic E-state index is 10.9. The number of rotatable bonds is 2. The second kappa shape index (κ2) is 3.67. The second-order valence-corrected chi connectivity index (χ2v) is 5.82. The lowest BCUT2D eigenvalue weighted by Gasteiger charge is -2.13. The Bertz CT molecular complexity index is 343. The molecule has 1 atom stereocenters. The molecule has 0 fully saturated rings. The first kappa shape index (κ1) is 11.1. The van der Waals surface area contributed by atoms with Gasteiger partial charge in [0.25, 0.3) is 0 Å². The van der Waals surface area contributed by atoms with Crippen molar-refractivity contribution in [2.24, 2.45) is 5.14 Å². The Labute approximate surface area is 88.1 Å². The number of hydrogen-bond acceptors (Lipinski definition) is 3. The van der Waals surface area contributed by atoms with Crippen molar-refractivity contribution in [3.8, 4) is 0 Å². The minimum absolute atomic E-state index is 0.350. The van der Waals surface area contributed by atoms with Crippen molar-refractivity contribution in [2.75, 3.05) is 0 Å². The third-order valence-electron chi connectivity index (χ3n) is 1.44. The third-order valence-corrected chi connectivity index (χ3v) is 4.53. The molecule has 0 spiro atoms. The van der Waals surface area contributed by atoms with Crippen molar-refractivity contribution in [3.05, 3.63) is 16.0 Å². The lowest BCUT2D eigenvalue weighted by atomic mass is 10.1. The molecule has 1 unspecified atom stereocenters. The Kier molecular flexibility index (Phi) is 3.14. The van der Waals surface area contributed by atoms with Gasteiger partial charge >= 0.3 is 0 Å². The number of halogens is 1. The summed E-state index contributed by atoms with van der Waals surface area (Å²) >= 11 is 6.94. The molecule has 0 aliphatic rings. The standard InChI is InChI=1S/C7H10ClNO2S2/c1-7(2,10)5-3-4(8)6(12-5)13(9)11/h3,10H,9H2,1-2H3. The van der Waals surface area contributed by atoms with Gasteiger partial charge in [0.1, 0.15) is 15.2 Å². The van der Waals surface area contributed by atoms with Crippen LogP contribution in [0.4, 0.5) is 0 Å². The van der Waals surface area contributed by atoms with Gasteiger partial charge in [0, 0.05) is 4.88 Å². The average Bonchev–Trinajstić information content (AvgIpc) is 2.29. The molecule has 0 amide bonds. The van der Waals surface area contributed by atoms with E-state index in [0.717, 1.165) is 0 Å². The van der Waals surface area contributed by atoms with Crippen LogP contribution in [-0.2, 0) is 16.6 Å². The first-order valence-electron chi connectivity index (χ1n) is 3.50. The van der Waals surface area contributed by atoms with Crippen molar-refractivity contribution >= 4 is 33.9 Å².